The third-order valence-electron chi connectivity index (χ3n) is 5.92. The van der Waals surface area contributed by atoms with Crippen LogP contribution in [0.25, 0.3) is 0 Å². The number of benzene rings is 1. The van der Waals surface area contributed by atoms with E-state index in [0.717, 1.165) is 35.9 Å². The lowest BCUT2D eigenvalue weighted by Crippen LogP contribution is -2.37. The van der Waals surface area contributed by atoms with Gasteiger partial charge in [0.05, 0.1) is 19.3 Å². The zero-order chi connectivity index (χ0) is 21.3. The maximum atomic E-state index is 13.0. The number of hydrogen-bond acceptors (Lipinski definition) is 6. The number of methoxy groups -OCH3 is 1. The molecule has 8 nitrogen and oxygen atoms in total. The number of hydrogen-bond donors (Lipinski definition) is 1. The van der Waals surface area contributed by atoms with Crippen LogP contribution < -0.4 is 10.1 Å². The van der Waals surface area contributed by atoms with E-state index >= 15 is 0 Å². The van der Waals surface area contributed by atoms with Gasteiger partial charge in [-0.25, -0.2) is 9.97 Å². The maximum Gasteiger partial charge on any atom is 0.254 e. The summed E-state index contributed by atoms with van der Waals surface area (Å²) in [4.78, 5) is 38.0. The Morgan fingerprint density at radius 2 is 2.03 bits per heavy atom. The lowest BCUT2D eigenvalue weighted by atomic mass is 10.0. The van der Waals surface area contributed by atoms with E-state index in [9.17, 15) is 9.59 Å². The van der Waals surface area contributed by atoms with Gasteiger partial charge in [0, 0.05) is 57.1 Å². The third kappa shape index (κ3) is 3.81. The van der Waals surface area contributed by atoms with Gasteiger partial charge in [0.15, 0.2) is 0 Å². The summed E-state index contributed by atoms with van der Waals surface area (Å²) in [7, 11) is 3.43. The van der Waals surface area contributed by atoms with E-state index in [0.29, 0.717) is 37.4 Å². The van der Waals surface area contributed by atoms with Crippen LogP contribution in [-0.4, -0.2) is 65.4 Å². The summed E-state index contributed by atoms with van der Waals surface area (Å²) in [5, 5.41) is 3.18. The van der Waals surface area contributed by atoms with Gasteiger partial charge >= 0.3 is 0 Å². The number of amides is 2. The molecule has 4 rings (SSSR count). The molecule has 3 heterocycles. The quantitative estimate of drug-likeness (QED) is 0.832. The SMILES string of the molecule is CNc1nc(C2CCN(C(C)=O)C2)nc2c1CN(C(=O)c1cccc(OC)c1)CC2. The predicted molar refractivity (Wildman–Crippen MR) is 113 cm³/mol. The molecule has 0 radical (unpaired) electrons. The molecule has 2 aliphatic heterocycles. The van der Waals surface area contributed by atoms with Crippen molar-refractivity contribution in [3.63, 3.8) is 0 Å². The number of aromatic nitrogens is 2. The molecule has 2 amide bonds. The summed E-state index contributed by atoms with van der Waals surface area (Å²) in [5.41, 5.74) is 2.56. The fraction of sp³-hybridized carbons (Fsp3) is 0.455. The van der Waals surface area contributed by atoms with Gasteiger partial charge in [-0.3, -0.25) is 9.59 Å². The summed E-state index contributed by atoms with van der Waals surface area (Å²) in [6.45, 7) is 4.08. The Bertz CT molecular complexity index is 960. The molecule has 1 saturated heterocycles. The van der Waals surface area contributed by atoms with Crippen LogP contribution in [0, 0.1) is 0 Å². The molecule has 30 heavy (non-hydrogen) atoms. The molecule has 0 saturated carbocycles. The molecule has 1 unspecified atom stereocenters. The van der Waals surface area contributed by atoms with E-state index in [-0.39, 0.29) is 17.7 Å². The van der Waals surface area contributed by atoms with E-state index in [2.05, 4.69) is 5.32 Å². The average molecular weight is 409 g/mol. The molecule has 8 heteroatoms. The van der Waals surface area contributed by atoms with Crippen molar-refractivity contribution in [3.8, 4) is 5.75 Å². The first kappa shape index (κ1) is 20.1. The van der Waals surface area contributed by atoms with Crippen LogP contribution in [0.2, 0.25) is 0 Å². The normalized spacial score (nSPS) is 18.2. The molecule has 1 atom stereocenters. The molecular formula is C22H27N5O3. The third-order valence-corrected chi connectivity index (χ3v) is 5.92. The Balaban J connectivity index is 1.56. The minimum absolute atomic E-state index is 0.0291. The van der Waals surface area contributed by atoms with Crippen LogP contribution in [0.4, 0.5) is 5.82 Å². The summed E-state index contributed by atoms with van der Waals surface area (Å²) in [6, 6.07) is 7.22. The molecule has 0 aliphatic carbocycles. The van der Waals surface area contributed by atoms with Crippen LogP contribution in [-0.2, 0) is 17.8 Å². The van der Waals surface area contributed by atoms with Gasteiger partial charge in [0.25, 0.3) is 5.91 Å². The Kier molecular flexibility index (Phi) is 5.57. The number of nitrogens with zero attached hydrogens (tertiary/aromatic N) is 4. The monoisotopic (exact) mass is 409 g/mol. The van der Waals surface area contributed by atoms with Gasteiger partial charge in [0.1, 0.15) is 17.4 Å². The van der Waals surface area contributed by atoms with E-state index in [1.165, 1.54) is 0 Å². The van der Waals surface area contributed by atoms with Gasteiger partial charge in [-0.2, -0.15) is 0 Å². The number of nitrogens with one attached hydrogen (secondary N) is 1. The predicted octanol–water partition coefficient (Wildman–Crippen LogP) is 2.06. The highest BCUT2D eigenvalue weighted by Crippen LogP contribution is 2.30. The second kappa shape index (κ2) is 8.30. The number of ether oxygens (including phenoxy) is 1. The largest absolute Gasteiger partial charge is 0.497 e. The average Bonchev–Trinajstić information content (AvgIpc) is 3.28. The Hall–Kier alpha value is -3.16. The van der Waals surface area contributed by atoms with E-state index in [4.69, 9.17) is 14.7 Å². The number of carbonyl (C=O) groups excluding carboxylic acids is 2. The minimum Gasteiger partial charge on any atom is -0.497 e. The van der Waals surface area contributed by atoms with E-state index in [1.807, 2.05) is 29.0 Å². The van der Waals surface area contributed by atoms with Crippen LogP contribution in [0.3, 0.4) is 0 Å². The number of fused-ring (bicyclic) bond motifs is 1. The fourth-order valence-corrected chi connectivity index (χ4v) is 4.19. The first-order valence-electron chi connectivity index (χ1n) is 10.3. The van der Waals surface area contributed by atoms with Crippen molar-refractivity contribution in [2.75, 3.05) is 39.1 Å². The van der Waals surface area contributed by atoms with Crippen molar-refractivity contribution in [1.82, 2.24) is 19.8 Å². The Labute approximate surface area is 176 Å². The van der Waals surface area contributed by atoms with Gasteiger partial charge in [-0.1, -0.05) is 6.07 Å². The summed E-state index contributed by atoms with van der Waals surface area (Å²) in [6.07, 6.45) is 1.56. The Morgan fingerprint density at radius 3 is 2.73 bits per heavy atom. The van der Waals surface area contributed by atoms with Crippen molar-refractivity contribution in [3.05, 3.63) is 46.9 Å². The molecule has 2 aliphatic rings. The topological polar surface area (TPSA) is 87.7 Å². The first-order valence-corrected chi connectivity index (χ1v) is 10.3. The Morgan fingerprint density at radius 1 is 1.20 bits per heavy atom. The van der Waals surface area contributed by atoms with Crippen molar-refractivity contribution < 1.29 is 14.3 Å². The molecule has 1 N–H and O–H groups in total. The molecule has 1 aromatic carbocycles. The second-order valence-corrected chi connectivity index (χ2v) is 7.76. The molecule has 1 fully saturated rings. The van der Waals surface area contributed by atoms with E-state index in [1.54, 1.807) is 26.2 Å². The smallest absolute Gasteiger partial charge is 0.254 e. The van der Waals surface area contributed by atoms with Crippen molar-refractivity contribution in [2.24, 2.45) is 0 Å². The number of likely N-dealkylation sites (tertiary alicyclic amines) is 1. The second-order valence-electron chi connectivity index (χ2n) is 7.76. The van der Waals surface area contributed by atoms with E-state index < -0.39 is 0 Å². The minimum atomic E-state index is -0.0291. The van der Waals surface area contributed by atoms with Gasteiger partial charge in [0.2, 0.25) is 5.91 Å². The van der Waals surface area contributed by atoms with Crippen LogP contribution >= 0.6 is 0 Å². The zero-order valence-electron chi connectivity index (χ0n) is 17.6. The number of anilines is 1. The summed E-state index contributed by atoms with van der Waals surface area (Å²) >= 11 is 0. The lowest BCUT2D eigenvalue weighted by Gasteiger charge is -2.30. The summed E-state index contributed by atoms with van der Waals surface area (Å²) < 4.78 is 5.24. The number of carbonyl (C=O) groups is 2. The number of rotatable bonds is 4. The van der Waals surface area contributed by atoms with Gasteiger partial charge < -0.3 is 19.9 Å². The summed E-state index contributed by atoms with van der Waals surface area (Å²) in [5.74, 6) is 2.43. The van der Waals surface area contributed by atoms with Gasteiger partial charge in [-0.15, -0.1) is 0 Å². The van der Waals surface area contributed by atoms with Crippen molar-refractivity contribution in [1.29, 1.82) is 0 Å². The molecule has 0 bridgehead atoms. The van der Waals surface area contributed by atoms with Crippen molar-refractivity contribution >= 4 is 17.6 Å². The molecule has 158 valence electrons. The maximum absolute atomic E-state index is 13.0. The van der Waals surface area contributed by atoms with Gasteiger partial charge in [-0.05, 0) is 24.6 Å². The van der Waals surface area contributed by atoms with Crippen LogP contribution in [0.5, 0.6) is 5.75 Å². The van der Waals surface area contributed by atoms with Crippen molar-refractivity contribution in [2.45, 2.75) is 32.2 Å². The standard InChI is InChI=1S/C22H27N5O3/c1-14(28)26-9-7-16(12-26)20-24-19-8-10-27(13-18(19)21(23-2)25-20)22(29)15-5-4-6-17(11-15)30-3/h4-6,11,16H,7-10,12-13H2,1-3H3,(H,23,24,25). The lowest BCUT2D eigenvalue weighted by molar-refractivity contribution is -0.127. The molecule has 2 aromatic rings. The fourth-order valence-electron chi connectivity index (χ4n) is 4.19. The van der Waals surface area contributed by atoms with Crippen LogP contribution in [0.15, 0.2) is 24.3 Å². The highest BCUT2D eigenvalue weighted by molar-refractivity contribution is 5.94. The molecule has 1 aromatic heterocycles. The highest BCUT2D eigenvalue weighted by atomic mass is 16.5. The molecule has 0 spiro atoms. The first-order chi connectivity index (χ1) is 14.5. The highest BCUT2D eigenvalue weighted by Gasteiger charge is 2.31. The van der Waals surface area contributed by atoms with Crippen LogP contribution in [0.1, 0.15) is 46.7 Å². The zero-order valence-corrected chi connectivity index (χ0v) is 17.6. The molecular weight excluding hydrogens is 382 g/mol.